The highest BCUT2D eigenvalue weighted by Crippen LogP contribution is 2.47. The summed E-state index contributed by atoms with van der Waals surface area (Å²) in [5.41, 5.74) is -1.65. The second kappa shape index (κ2) is 7.07. The number of amides is 1. The Morgan fingerprint density at radius 3 is 2.58 bits per heavy atom. The zero-order valence-corrected chi connectivity index (χ0v) is 13.3. The van der Waals surface area contributed by atoms with Crippen molar-refractivity contribution in [2.45, 2.75) is 49.6 Å². The summed E-state index contributed by atoms with van der Waals surface area (Å²) in [5, 5.41) is 21.1. The maximum Gasteiger partial charge on any atom is 0.573 e. The van der Waals surface area contributed by atoms with Crippen LogP contribution in [0.15, 0.2) is 24.3 Å². The minimum atomic E-state index is -4.90. The molecule has 1 fully saturated rings. The van der Waals surface area contributed by atoms with Crippen LogP contribution in [0.2, 0.25) is 0 Å². The van der Waals surface area contributed by atoms with E-state index in [2.05, 4.69) is 10.1 Å². The van der Waals surface area contributed by atoms with E-state index in [0.29, 0.717) is 0 Å². The van der Waals surface area contributed by atoms with Gasteiger partial charge in [0.1, 0.15) is 5.75 Å². The summed E-state index contributed by atoms with van der Waals surface area (Å²) in [6.45, 7) is 0. The predicted molar refractivity (Wildman–Crippen MR) is 78.0 cm³/mol. The molecule has 0 spiro atoms. The fraction of sp³-hybridized carbons (Fsp3) is 0.500. The summed E-state index contributed by atoms with van der Waals surface area (Å²) in [5.74, 6) is -4.33. The highest BCUT2D eigenvalue weighted by atomic mass is 19.4. The zero-order chi connectivity index (χ0) is 19.6. The first-order chi connectivity index (χ1) is 11.9. The van der Waals surface area contributed by atoms with E-state index in [-0.39, 0.29) is 12.0 Å². The summed E-state index contributed by atoms with van der Waals surface area (Å²) >= 11 is 0. The molecule has 2 rings (SSSR count). The quantitative estimate of drug-likeness (QED) is 0.745. The van der Waals surface area contributed by atoms with Crippen LogP contribution in [0.25, 0.3) is 0 Å². The number of rotatable bonds is 6. The van der Waals surface area contributed by atoms with Crippen LogP contribution < -0.4 is 10.1 Å². The number of nitriles is 1. The van der Waals surface area contributed by atoms with E-state index in [0.717, 1.165) is 12.1 Å². The molecular formula is C16H15F5N2O3. The van der Waals surface area contributed by atoms with Gasteiger partial charge in [0.15, 0.2) is 0 Å². The van der Waals surface area contributed by atoms with Gasteiger partial charge in [-0.3, -0.25) is 4.79 Å². The second-order valence-electron chi connectivity index (χ2n) is 6.21. The van der Waals surface area contributed by atoms with Crippen LogP contribution in [-0.4, -0.2) is 28.9 Å². The molecule has 0 radical (unpaired) electrons. The van der Waals surface area contributed by atoms with Gasteiger partial charge in [0.2, 0.25) is 5.91 Å². The monoisotopic (exact) mass is 378 g/mol. The molecule has 1 atom stereocenters. The van der Waals surface area contributed by atoms with Gasteiger partial charge < -0.3 is 15.2 Å². The van der Waals surface area contributed by atoms with Gasteiger partial charge in [-0.25, -0.2) is 8.78 Å². The highest BCUT2D eigenvalue weighted by Gasteiger charge is 2.56. The van der Waals surface area contributed by atoms with Gasteiger partial charge in [-0.15, -0.1) is 13.2 Å². The minimum Gasteiger partial charge on any atom is -0.406 e. The second-order valence-corrected chi connectivity index (χ2v) is 6.21. The largest absolute Gasteiger partial charge is 0.573 e. The molecule has 1 amide bonds. The van der Waals surface area contributed by atoms with Crippen LogP contribution >= 0.6 is 0 Å². The van der Waals surface area contributed by atoms with Crippen LogP contribution in [0.1, 0.15) is 37.3 Å². The van der Waals surface area contributed by atoms with E-state index in [9.17, 15) is 31.9 Å². The Morgan fingerprint density at radius 1 is 1.38 bits per heavy atom. The molecule has 5 nitrogen and oxygen atoms in total. The van der Waals surface area contributed by atoms with E-state index in [1.165, 1.54) is 12.1 Å². The predicted octanol–water partition coefficient (Wildman–Crippen LogP) is 3.21. The Kier molecular flexibility index (Phi) is 5.41. The molecule has 142 valence electrons. The Balaban J connectivity index is 2.06. The van der Waals surface area contributed by atoms with Crippen molar-refractivity contribution in [1.82, 2.24) is 5.32 Å². The van der Waals surface area contributed by atoms with E-state index >= 15 is 0 Å². The van der Waals surface area contributed by atoms with Crippen molar-refractivity contribution >= 4 is 5.91 Å². The molecule has 1 aromatic rings. The van der Waals surface area contributed by atoms with Gasteiger partial charge in [-0.05, 0) is 17.7 Å². The lowest BCUT2D eigenvalue weighted by atomic mass is 9.74. The number of carbonyl (C=O) groups excluding carboxylic acids is 1. The smallest absolute Gasteiger partial charge is 0.406 e. The zero-order valence-electron chi connectivity index (χ0n) is 13.3. The Bertz CT molecular complexity index is 707. The number of nitrogens with zero attached hydrogens (tertiary/aromatic N) is 1. The molecule has 26 heavy (non-hydrogen) atoms. The highest BCUT2D eigenvalue weighted by molar-refractivity contribution is 5.77. The van der Waals surface area contributed by atoms with Crippen LogP contribution in [-0.2, 0) is 4.79 Å². The summed E-state index contributed by atoms with van der Waals surface area (Å²) < 4.78 is 66.4. The molecule has 1 unspecified atom stereocenters. The van der Waals surface area contributed by atoms with Crippen LogP contribution in [0.4, 0.5) is 22.0 Å². The SMILES string of the molecule is N#CCC(NC(=O)CC1(O)CC(F)(F)C1)c1cccc(OC(F)(F)F)c1. The number of hydrogen-bond donors (Lipinski definition) is 2. The lowest BCUT2D eigenvalue weighted by Gasteiger charge is -2.42. The molecule has 2 N–H and O–H groups in total. The van der Waals surface area contributed by atoms with Crippen molar-refractivity contribution in [1.29, 1.82) is 5.26 Å². The third-order valence-corrected chi connectivity index (χ3v) is 3.79. The van der Waals surface area contributed by atoms with Gasteiger partial charge in [-0.1, -0.05) is 12.1 Å². The molecule has 1 aliphatic rings. The fourth-order valence-corrected chi connectivity index (χ4v) is 2.85. The average Bonchev–Trinajstić information content (AvgIpc) is 2.42. The lowest BCUT2D eigenvalue weighted by molar-refractivity contribution is -0.274. The molecule has 10 heteroatoms. The number of ether oxygens (including phenoxy) is 1. The van der Waals surface area contributed by atoms with Crippen molar-refractivity contribution < 1.29 is 36.6 Å². The van der Waals surface area contributed by atoms with E-state index in [1.807, 2.05) is 0 Å². The third kappa shape index (κ3) is 5.56. The standard InChI is InChI=1S/C16H15F5N2O3/c17-15(18)8-14(25,9-15)7-13(24)23-12(4-5-22)10-2-1-3-11(6-10)26-16(19,20)21/h1-3,6,12,25H,4,7-9H2,(H,23,24). The van der Waals surface area contributed by atoms with Crippen molar-refractivity contribution in [2.24, 2.45) is 0 Å². The Hall–Kier alpha value is -2.41. The summed E-state index contributed by atoms with van der Waals surface area (Å²) in [6, 6.07) is 5.52. The number of benzene rings is 1. The summed E-state index contributed by atoms with van der Waals surface area (Å²) in [4.78, 5) is 12.0. The van der Waals surface area contributed by atoms with Gasteiger partial charge in [0.25, 0.3) is 5.92 Å². The third-order valence-electron chi connectivity index (χ3n) is 3.79. The van der Waals surface area contributed by atoms with Crippen LogP contribution in [0.3, 0.4) is 0 Å². The number of carbonyl (C=O) groups is 1. The fourth-order valence-electron chi connectivity index (χ4n) is 2.85. The summed E-state index contributed by atoms with van der Waals surface area (Å²) in [6.07, 6.45) is -7.44. The van der Waals surface area contributed by atoms with E-state index < -0.39 is 54.8 Å². The van der Waals surface area contributed by atoms with Crippen LogP contribution in [0.5, 0.6) is 5.75 Å². The Morgan fingerprint density at radius 2 is 2.04 bits per heavy atom. The molecule has 0 aliphatic heterocycles. The van der Waals surface area contributed by atoms with Crippen molar-refractivity contribution in [3.8, 4) is 11.8 Å². The van der Waals surface area contributed by atoms with E-state index in [1.54, 1.807) is 6.07 Å². The number of alkyl halides is 5. The lowest BCUT2D eigenvalue weighted by Crippen LogP contribution is -2.54. The molecular weight excluding hydrogens is 363 g/mol. The topological polar surface area (TPSA) is 82.4 Å². The first-order valence-corrected chi connectivity index (χ1v) is 7.54. The molecule has 0 heterocycles. The van der Waals surface area contributed by atoms with Crippen LogP contribution in [0, 0.1) is 11.3 Å². The number of aliphatic hydroxyl groups is 1. The maximum atomic E-state index is 12.9. The summed E-state index contributed by atoms with van der Waals surface area (Å²) in [7, 11) is 0. The van der Waals surface area contributed by atoms with Crippen molar-refractivity contribution in [3.05, 3.63) is 29.8 Å². The maximum absolute atomic E-state index is 12.9. The number of nitrogens with one attached hydrogen (secondary N) is 1. The van der Waals surface area contributed by atoms with Crippen molar-refractivity contribution in [3.63, 3.8) is 0 Å². The molecule has 1 saturated carbocycles. The normalized spacial score (nSPS) is 19.0. The Labute approximate surface area is 145 Å². The first-order valence-electron chi connectivity index (χ1n) is 7.54. The van der Waals surface area contributed by atoms with E-state index in [4.69, 9.17) is 5.26 Å². The minimum absolute atomic E-state index is 0.174. The molecule has 0 saturated heterocycles. The van der Waals surface area contributed by atoms with Crippen molar-refractivity contribution in [2.75, 3.05) is 0 Å². The number of halogens is 5. The molecule has 0 aromatic heterocycles. The first kappa shape index (κ1) is 19.9. The molecule has 0 bridgehead atoms. The van der Waals surface area contributed by atoms with Gasteiger partial charge in [0.05, 0.1) is 30.6 Å². The average molecular weight is 378 g/mol. The van der Waals surface area contributed by atoms with Gasteiger partial charge in [-0.2, -0.15) is 5.26 Å². The van der Waals surface area contributed by atoms with Gasteiger partial charge in [0, 0.05) is 12.8 Å². The number of hydrogen-bond acceptors (Lipinski definition) is 4. The van der Waals surface area contributed by atoms with Gasteiger partial charge >= 0.3 is 6.36 Å². The molecule has 1 aromatic carbocycles. The molecule has 1 aliphatic carbocycles.